The number of nitro groups is 1. The smallest absolute Gasteiger partial charge is 0.312 e. The third kappa shape index (κ3) is 4.01. The Bertz CT molecular complexity index is 1060. The molecule has 9 heteroatoms. The van der Waals surface area contributed by atoms with Crippen LogP contribution in [-0.2, 0) is 6.54 Å². The van der Waals surface area contributed by atoms with Crippen LogP contribution >= 0.6 is 11.6 Å². The average molecular weight is 403 g/mol. The van der Waals surface area contributed by atoms with Crippen LogP contribution in [0.4, 0.5) is 15.8 Å². The predicted molar refractivity (Wildman–Crippen MR) is 103 cm³/mol. The molecule has 0 aliphatic heterocycles. The van der Waals surface area contributed by atoms with Crippen molar-refractivity contribution in [3.8, 4) is 0 Å². The van der Waals surface area contributed by atoms with Crippen LogP contribution in [0.25, 0.3) is 0 Å². The Labute approximate surface area is 164 Å². The monoisotopic (exact) mass is 402 g/mol. The lowest BCUT2D eigenvalue weighted by Gasteiger charge is -2.08. The van der Waals surface area contributed by atoms with Crippen LogP contribution in [0, 0.1) is 29.8 Å². The van der Waals surface area contributed by atoms with Gasteiger partial charge >= 0.3 is 5.69 Å². The first-order chi connectivity index (χ1) is 13.3. The van der Waals surface area contributed by atoms with Gasteiger partial charge in [0, 0.05) is 11.3 Å². The molecule has 3 aromatic rings. The van der Waals surface area contributed by atoms with Gasteiger partial charge in [0.15, 0.2) is 0 Å². The molecular formula is C19H16ClFN4O3. The summed E-state index contributed by atoms with van der Waals surface area (Å²) >= 11 is 5.71. The number of hydrogen-bond donors (Lipinski definition) is 1. The zero-order chi connectivity index (χ0) is 20.4. The number of rotatable bonds is 5. The van der Waals surface area contributed by atoms with E-state index in [4.69, 9.17) is 11.6 Å². The van der Waals surface area contributed by atoms with Crippen molar-refractivity contribution >= 4 is 28.9 Å². The normalized spacial score (nSPS) is 10.7. The number of carbonyl (C=O) groups is 1. The highest BCUT2D eigenvalue weighted by molar-refractivity contribution is 6.31. The molecule has 0 aliphatic rings. The molecule has 0 saturated carbocycles. The maximum Gasteiger partial charge on any atom is 0.312 e. The number of nitrogens with zero attached hydrogens (tertiary/aromatic N) is 3. The van der Waals surface area contributed by atoms with Gasteiger partial charge in [-0.25, -0.2) is 4.39 Å². The molecule has 7 nitrogen and oxygen atoms in total. The molecule has 3 rings (SSSR count). The maximum atomic E-state index is 13.2. The second-order valence-corrected chi connectivity index (χ2v) is 6.62. The van der Waals surface area contributed by atoms with E-state index < -0.39 is 10.7 Å². The average Bonchev–Trinajstić information content (AvgIpc) is 2.92. The molecule has 28 heavy (non-hydrogen) atoms. The highest BCUT2D eigenvalue weighted by atomic mass is 35.5. The molecule has 1 heterocycles. The van der Waals surface area contributed by atoms with Crippen LogP contribution in [0.5, 0.6) is 0 Å². The topological polar surface area (TPSA) is 90.1 Å². The van der Waals surface area contributed by atoms with Gasteiger partial charge in [-0.2, -0.15) is 5.10 Å². The molecule has 0 unspecified atom stereocenters. The number of nitrogens with one attached hydrogen (secondary N) is 1. The van der Waals surface area contributed by atoms with Gasteiger partial charge in [0.05, 0.1) is 16.5 Å². The Morgan fingerprint density at radius 3 is 2.50 bits per heavy atom. The Kier molecular flexibility index (Phi) is 5.41. The summed E-state index contributed by atoms with van der Waals surface area (Å²) < 4.78 is 14.8. The summed E-state index contributed by atoms with van der Waals surface area (Å²) in [6.07, 6.45) is 0. The summed E-state index contributed by atoms with van der Waals surface area (Å²) in [4.78, 5) is 23.0. The molecule has 0 bridgehead atoms. The fourth-order valence-corrected chi connectivity index (χ4v) is 3.00. The van der Waals surface area contributed by atoms with E-state index in [-0.39, 0.29) is 16.6 Å². The minimum atomic E-state index is -0.562. The van der Waals surface area contributed by atoms with Crippen molar-refractivity contribution in [2.24, 2.45) is 0 Å². The first-order valence-electron chi connectivity index (χ1n) is 8.30. The second-order valence-electron chi connectivity index (χ2n) is 6.21. The number of aromatic nitrogens is 2. The molecule has 1 N–H and O–H groups in total. The summed E-state index contributed by atoms with van der Waals surface area (Å²) in [5.74, 6) is -0.926. The van der Waals surface area contributed by atoms with Crippen molar-refractivity contribution < 1.29 is 14.1 Å². The third-order valence-corrected chi connectivity index (χ3v) is 4.54. The molecule has 1 aromatic heterocycles. The van der Waals surface area contributed by atoms with Gasteiger partial charge in [-0.3, -0.25) is 19.6 Å². The van der Waals surface area contributed by atoms with Crippen molar-refractivity contribution in [2.75, 3.05) is 5.32 Å². The van der Waals surface area contributed by atoms with E-state index in [1.54, 1.807) is 42.8 Å². The van der Waals surface area contributed by atoms with E-state index in [1.165, 1.54) is 18.2 Å². The summed E-state index contributed by atoms with van der Waals surface area (Å²) in [5, 5.41) is 17.9. The summed E-state index contributed by atoms with van der Waals surface area (Å²) in [5.41, 5.74) is 2.46. The minimum absolute atomic E-state index is 0.00829. The number of anilines is 1. The van der Waals surface area contributed by atoms with Crippen LogP contribution < -0.4 is 5.32 Å². The summed E-state index contributed by atoms with van der Waals surface area (Å²) in [7, 11) is 0. The molecule has 144 valence electrons. The lowest BCUT2D eigenvalue weighted by molar-refractivity contribution is -0.386. The standard InChI is InChI=1S/C19H16ClFN4O3/c1-11-18(25(27)28)12(2)24(23-11)10-13-3-5-14(6-4-13)19(26)22-15-7-8-17(21)16(20)9-15/h3-9H,10H2,1-2H3,(H,22,26). The van der Waals surface area contributed by atoms with E-state index in [2.05, 4.69) is 10.4 Å². The Hall–Kier alpha value is -3.26. The number of amides is 1. The number of benzene rings is 2. The molecule has 2 aromatic carbocycles. The second kappa shape index (κ2) is 7.77. The molecule has 0 spiro atoms. The molecule has 0 radical (unpaired) electrons. The van der Waals surface area contributed by atoms with Crippen LogP contribution in [0.1, 0.15) is 27.3 Å². The predicted octanol–water partition coefficient (Wildman–Crippen LogP) is 4.50. The van der Waals surface area contributed by atoms with Crippen molar-refractivity contribution in [1.82, 2.24) is 9.78 Å². The van der Waals surface area contributed by atoms with E-state index in [1.807, 2.05) is 0 Å². The fourth-order valence-electron chi connectivity index (χ4n) is 2.82. The summed E-state index contributed by atoms with van der Waals surface area (Å²) in [6, 6.07) is 10.7. The number of hydrogen-bond acceptors (Lipinski definition) is 4. The van der Waals surface area contributed by atoms with Gasteiger partial charge in [-0.1, -0.05) is 23.7 Å². The highest BCUT2D eigenvalue weighted by Crippen LogP contribution is 2.23. The van der Waals surface area contributed by atoms with Gasteiger partial charge in [0.25, 0.3) is 5.91 Å². The van der Waals surface area contributed by atoms with Gasteiger partial charge in [0.2, 0.25) is 0 Å². The number of aryl methyl sites for hydroxylation is 1. The zero-order valence-corrected chi connectivity index (χ0v) is 15.8. The Balaban J connectivity index is 1.73. The molecule has 0 aliphatic carbocycles. The van der Waals surface area contributed by atoms with Crippen molar-refractivity contribution in [1.29, 1.82) is 0 Å². The molecule has 1 amide bonds. The van der Waals surface area contributed by atoms with E-state index >= 15 is 0 Å². The Morgan fingerprint density at radius 1 is 1.25 bits per heavy atom. The van der Waals surface area contributed by atoms with Crippen LogP contribution in [0.3, 0.4) is 0 Å². The lowest BCUT2D eigenvalue weighted by Crippen LogP contribution is -2.12. The van der Waals surface area contributed by atoms with Gasteiger partial charge < -0.3 is 5.32 Å². The first-order valence-corrected chi connectivity index (χ1v) is 8.68. The van der Waals surface area contributed by atoms with Gasteiger partial charge in [0.1, 0.15) is 17.2 Å². The largest absolute Gasteiger partial charge is 0.322 e. The van der Waals surface area contributed by atoms with Crippen molar-refractivity contribution in [3.63, 3.8) is 0 Å². The third-order valence-electron chi connectivity index (χ3n) is 4.25. The van der Waals surface area contributed by atoms with Crippen molar-refractivity contribution in [2.45, 2.75) is 20.4 Å². The molecule has 0 atom stereocenters. The lowest BCUT2D eigenvalue weighted by atomic mass is 10.1. The molecule has 0 saturated heterocycles. The summed E-state index contributed by atoms with van der Waals surface area (Å²) in [6.45, 7) is 3.58. The number of carbonyl (C=O) groups excluding carboxylic acids is 1. The van der Waals surface area contributed by atoms with Gasteiger partial charge in [-0.05, 0) is 49.7 Å². The number of halogens is 2. The highest BCUT2D eigenvalue weighted by Gasteiger charge is 2.21. The van der Waals surface area contributed by atoms with Crippen LogP contribution in [-0.4, -0.2) is 20.6 Å². The zero-order valence-electron chi connectivity index (χ0n) is 15.1. The minimum Gasteiger partial charge on any atom is -0.322 e. The Morgan fingerprint density at radius 2 is 1.93 bits per heavy atom. The maximum absolute atomic E-state index is 13.2. The van der Waals surface area contributed by atoms with Gasteiger partial charge in [-0.15, -0.1) is 0 Å². The van der Waals surface area contributed by atoms with Crippen molar-refractivity contribution in [3.05, 3.63) is 85.9 Å². The van der Waals surface area contributed by atoms with E-state index in [0.29, 0.717) is 29.2 Å². The fraction of sp³-hybridized carbons (Fsp3) is 0.158. The van der Waals surface area contributed by atoms with Crippen LogP contribution in [0.2, 0.25) is 5.02 Å². The van der Waals surface area contributed by atoms with E-state index in [9.17, 15) is 19.3 Å². The molecule has 0 fully saturated rings. The molecular weight excluding hydrogens is 387 g/mol. The quantitative estimate of drug-likeness (QED) is 0.502. The first kappa shape index (κ1) is 19.5. The van der Waals surface area contributed by atoms with Crippen LogP contribution in [0.15, 0.2) is 42.5 Å². The SMILES string of the molecule is Cc1nn(Cc2ccc(C(=O)Nc3ccc(F)c(Cl)c3)cc2)c(C)c1[N+](=O)[O-]. The van der Waals surface area contributed by atoms with E-state index in [0.717, 1.165) is 5.56 Å².